The first-order chi connectivity index (χ1) is 27.7. The summed E-state index contributed by atoms with van der Waals surface area (Å²) < 4.78 is 4.92. The van der Waals surface area contributed by atoms with Gasteiger partial charge in [0.25, 0.3) is 0 Å². The molecule has 8 aromatic carbocycles. The first-order valence-electron chi connectivity index (χ1n) is 18.8. The summed E-state index contributed by atoms with van der Waals surface area (Å²) in [6, 6.07) is 68.0. The molecule has 0 unspecified atom stereocenters. The van der Waals surface area contributed by atoms with Gasteiger partial charge in [0.05, 0.1) is 15.9 Å². The highest BCUT2D eigenvalue weighted by molar-refractivity contribution is 7.26. The first kappa shape index (κ1) is 32.7. The molecular weight excluding hydrogens is 717 g/mol. The standard InChI is InChI=1S/C52H32N2S2/c1-3-9-33(10-4-1)35-17-21-37(22-18-35)39-25-27-47-45(30-39)44-16-8-15-43(51(44)55-47)41-13-7-14-42(29-41)49-52-50(54-32-53-49)46-31-40(26-28-48(46)56-52)38-23-19-36(20-24-38)34-11-5-2-6-12-34/h1-32H. The molecule has 56 heavy (non-hydrogen) atoms. The van der Waals surface area contributed by atoms with E-state index in [2.05, 4.69) is 188 Å². The molecular formula is C52H32N2S2. The molecule has 0 N–H and O–H groups in total. The highest BCUT2D eigenvalue weighted by atomic mass is 32.1. The maximum atomic E-state index is 4.89. The third-order valence-electron chi connectivity index (χ3n) is 10.8. The number of benzene rings is 8. The average Bonchev–Trinajstić information content (AvgIpc) is 3.85. The second-order valence-electron chi connectivity index (χ2n) is 14.2. The van der Waals surface area contributed by atoms with Crippen LogP contribution >= 0.6 is 22.7 Å². The molecule has 2 nitrogen and oxygen atoms in total. The van der Waals surface area contributed by atoms with Gasteiger partial charge in [-0.3, -0.25) is 0 Å². The zero-order chi connectivity index (χ0) is 37.0. The minimum absolute atomic E-state index is 0.971. The molecule has 0 saturated heterocycles. The molecule has 0 amide bonds. The second-order valence-corrected chi connectivity index (χ2v) is 16.3. The lowest BCUT2D eigenvalue weighted by atomic mass is 9.97. The Hall–Kier alpha value is -6.72. The van der Waals surface area contributed by atoms with E-state index in [4.69, 9.17) is 9.97 Å². The number of aromatic nitrogens is 2. The van der Waals surface area contributed by atoms with Crippen LogP contribution in [0.2, 0.25) is 0 Å². The van der Waals surface area contributed by atoms with E-state index in [9.17, 15) is 0 Å². The van der Waals surface area contributed by atoms with Gasteiger partial charge in [-0.15, -0.1) is 22.7 Å². The summed E-state index contributed by atoms with van der Waals surface area (Å²) in [5.41, 5.74) is 15.2. The van der Waals surface area contributed by atoms with Crippen LogP contribution in [0.4, 0.5) is 0 Å². The third-order valence-corrected chi connectivity index (χ3v) is 13.2. The molecule has 3 heterocycles. The Labute approximate surface area is 332 Å². The maximum absolute atomic E-state index is 4.89. The number of rotatable bonds is 6. The van der Waals surface area contributed by atoms with Crippen LogP contribution in [0.15, 0.2) is 194 Å². The summed E-state index contributed by atoms with van der Waals surface area (Å²) in [6.45, 7) is 0. The van der Waals surface area contributed by atoms with Gasteiger partial charge in [-0.2, -0.15) is 0 Å². The lowest BCUT2D eigenvalue weighted by Crippen LogP contribution is -1.87. The molecule has 262 valence electrons. The zero-order valence-electron chi connectivity index (χ0n) is 30.2. The minimum Gasteiger partial charge on any atom is -0.235 e. The van der Waals surface area contributed by atoms with Crippen LogP contribution in [0.5, 0.6) is 0 Å². The minimum atomic E-state index is 0.971. The molecule has 4 heteroatoms. The molecule has 0 aliphatic heterocycles. The Bertz CT molecular complexity index is 3000. The van der Waals surface area contributed by atoms with E-state index in [0.29, 0.717) is 0 Å². The van der Waals surface area contributed by atoms with Crippen molar-refractivity contribution in [2.75, 3.05) is 0 Å². The predicted molar refractivity (Wildman–Crippen MR) is 240 cm³/mol. The van der Waals surface area contributed by atoms with E-state index < -0.39 is 0 Å². The van der Waals surface area contributed by atoms with Crippen molar-refractivity contribution >= 4 is 63.1 Å². The van der Waals surface area contributed by atoms with Gasteiger partial charge < -0.3 is 0 Å². The van der Waals surface area contributed by atoms with E-state index in [1.165, 1.54) is 80.5 Å². The van der Waals surface area contributed by atoms with Crippen molar-refractivity contribution in [3.8, 4) is 66.9 Å². The van der Waals surface area contributed by atoms with Crippen molar-refractivity contribution in [2.45, 2.75) is 0 Å². The highest BCUT2D eigenvalue weighted by Gasteiger charge is 2.16. The van der Waals surface area contributed by atoms with Crippen LogP contribution in [-0.4, -0.2) is 9.97 Å². The summed E-state index contributed by atoms with van der Waals surface area (Å²) in [6.07, 6.45) is 1.72. The Morgan fingerprint density at radius 3 is 1.43 bits per heavy atom. The molecule has 0 atom stereocenters. The van der Waals surface area contributed by atoms with Crippen LogP contribution < -0.4 is 0 Å². The van der Waals surface area contributed by atoms with E-state index in [-0.39, 0.29) is 0 Å². The van der Waals surface area contributed by atoms with Crippen molar-refractivity contribution in [1.29, 1.82) is 0 Å². The number of fused-ring (bicyclic) bond motifs is 6. The van der Waals surface area contributed by atoms with Crippen LogP contribution in [0.3, 0.4) is 0 Å². The summed E-state index contributed by atoms with van der Waals surface area (Å²) in [4.78, 5) is 9.72. The molecule has 11 rings (SSSR count). The summed E-state index contributed by atoms with van der Waals surface area (Å²) in [7, 11) is 0. The molecule has 0 bridgehead atoms. The molecule has 0 spiro atoms. The number of nitrogens with zero attached hydrogens (tertiary/aromatic N) is 2. The van der Waals surface area contributed by atoms with Crippen LogP contribution in [0.25, 0.3) is 107 Å². The van der Waals surface area contributed by atoms with Crippen molar-refractivity contribution < 1.29 is 0 Å². The van der Waals surface area contributed by atoms with Crippen LogP contribution in [0.1, 0.15) is 0 Å². The lowest BCUT2D eigenvalue weighted by Gasteiger charge is -2.08. The molecule has 0 aliphatic carbocycles. The van der Waals surface area contributed by atoms with E-state index >= 15 is 0 Å². The van der Waals surface area contributed by atoms with E-state index in [0.717, 1.165) is 26.9 Å². The Morgan fingerprint density at radius 2 is 0.786 bits per heavy atom. The average molecular weight is 749 g/mol. The largest absolute Gasteiger partial charge is 0.235 e. The quantitative estimate of drug-likeness (QED) is 0.169. The maximum Gasteiger partial charge on any atom is 0.116 e. The summed E-state index contributed by atoms with van der Waals surface area (Å²) in [5.74, 6) is 0. The number of hydrogen-bond donors (Lipinski definition) is 0. The second kappa shape index (κ2) is 13.5. The van der Waals surface area contributed by atoms with Gasteiger partial charge in [0, 0.05) is 35.8 Å². The van der Waals surface area contributed by atoms with Gasteiger partial charge in [0.15, 0.2) is 0 Å². The fourth-order valence-electron chi connectivity index (χ4n) is 7.97. The molecule has 0 fully saturated rings. The number of thiophene rings is 2. The van der Waals surface area contributed by atoms with Crippen LogP contribution in [-0.2, 0) is 0 Å². The molecule has 11 aromatic rings. The summed E-state index contributed by atoms with van der Waals surface area (Å²) >= 11 is 3.64. The normalized spacial score (nSPS) is 11.6. The summed E-state index contributed by atoms with van der Waals surface area (Å²) in [5, 5.41) is 3.74. The predicted octanol–water partition coefficient (Wildman–Crippen LogP) is 15.2. The van der Waals surface area contributed by atoms with Gasteiger partial charge in [0.2, 0.25) is 0 Å². The molecule has 0 saturated carbocycles. The van der Waals surface area contributed by atoms with Crippen molar-refractivity contribution in [3.05, 3.63) is 194 Å². The SMILES string of the molecule is c1ccc(-c2ccc(-c3ccc4sc5c(-c6cccc(-c7ncnc8c7sc7ccc(-c9ccc(-c%10ccccc%10)cc9)cc78)c6)cccc5c4c3)cc2)cc1. The monoisotopic (exact) mass is 748 g/mol. The number of hydrogen-bond acceptors (Lipinski definition) is 4. The highest BCUT2D eigenvalue weighted by Crippen LogP contribution is 2.44. The van der Waals surface area contributed by atoms with E-state index in [1.807, 2.05) is 11.3 Å². The first-order valence-corrected chi connectivity index (χ1v) is 20.4. The van der Waals surface area contributed by atoms with Gasteiger partial charge in [0.1, 0.15) is 6.33 Å². The fraction of sp³-hybridized carbons (Fsp3) is 0. The van der Waals surface area contributed by atoms with Gasteiger partial charge in [-0.05, 0) is 86.0 Å². The fourth-order valence-corrected chi connectivity index (χ4v) is 10.3. The Morgan fingerprint density at radius 1 is 0.304 bits per heavy atom. The van der Waals surface area contributed by atoms with Gasteiger partial charge >= 0.3 is 0 Å². The van der Waals surface area contributed by atoms with Crippen LogP contribution in [0, 0.1) is 0 Å². The third kappa shape index (κ3) is 5.70. The smallest absolute Gasteiger partial charge is 0.116 e. The zero-order valence-corrected chi connectivity index (χ0v) is 31.8. The van der Waals surface area contributed by atoms with Crippen molar-refractivity contribution in [1.82, 2.24) is 9.97 Å². The molecule has 3 aromatic heterocycles. The lowest BCUT2D eigenvalue weighted by molar-refractivity contribution is 1.24. The van der Waals surface area contributed by atoms with Gasteiger partial charge in [-0.25, -0.2) is 9.97 Å². The topological polar surface area (TPSA) is 25.8 Å². The van der Waals surface area contributed by atoms with Crippen molar-refractivity contribution in [2.24, 2.45) is 0 Å². The van der Waals surface area contributed by atoms with E-state index in [1.54, 1.807) is 17.7 Å². The van der Waals surface area contributed by atoms with Gasteiger partial charge in [-0.1, -0.05) is 158 Å². The Kier molecular flexibility index (Phi) is 7.90. The molecule has 0 radical (unpaired) electrons. The Balaban J connectivity index is 0.938. The van der Waals surface area contributed by atoms with Crippen molar-refractivity contribution in [3.63, 3.8) is 0 Å². The molecule has 0 aliphatic rings.